The number of benzene rings is 1. The normalized spacial score (nSPS) is 19.0. The smallest absolute Gasteiger partial charge is 0.276 e. The van der Waals surface area contributed by atoms with Gasteiger partial charge in [0, 0.05) is 25.2 Å². The van der Waals surface area contributed by atoms with E-state index >= 15 is 0 Å². The number of β-amino-alcohol motifs (C(OH)–C–C–N with tert-alkyl or cyclic N) is 1. The van der Waals surface area contributed by atoms with E-state index in [4.69, 9.17) is 0 Å². The lowest BCUT2D eigenvalue weighted by Crippen LogP contribution is -2.27. The van der Waals surface area contributed by atoms with Gasteiger partial charge >= 0.3 is 0 Å². The van der Waals surface area contributed by atoms with E-state index in [1.807, 2.05) is 0 Å². The summed E-state index contributed by atoms with van der Waals surface area (Å²) in [6, 6.07) is 6.23. The summed E-state index contributed by atoms with van der Waals surface area (Å²) in [5.74, 6) is -0.241. The van der Waals surface area contributed by atoms with Crippen molar-refractivity contribution in [2.75, 3.05) is 13.1 Å². The van der Waals surface area contributed by atoms with Crippen molar-refractivity contribution >= 4 is 17.7 Å². The van der Waals surface area contributed by atoms with Gasteiger partial charge in [0.1, 0.15) is 0 Å². The van der Waals surface area contributed by atoms with Crippen molar-refractivity contribution in [2.45, 2.75) is 12.5 Å². The first-order valence-electron chi connectivity index (χ1n) is 5.96. The largest absolute Gasteiger partial charge is 0.391 e. The highest BCUT2D eigenvalue weighted by atomic mass is 16.6. The van der Waals surface area contributed by atoms with Crippen LogP contribution >= 0.6 is 0 Å². The fourth-order valence-electron chi connectivity index (χ4n) is 2.00. The first-order chi connectivity index (χ1) is 9.08. The lowest BCUT2D eigenvalue weighted by atomic mass is 10.1. The third-order valence-corrected chi connectivity index (χ3v) is 3.01. The lowest BCUT2D eigenvalue weighted by Gasteiger charge is -2.12. The van der Waals surface area contributed by atoms with Gasteiger partial charge in [-0.05, 0) is 18.6 Å². The quantitative estimate of drug-likeness (QED) is 0.504. The van der Waals surface area contributed by atoms with Crippen molar-refractivity contribution < 1.29 is 14.8 Å². The molecule has 6 nitrogen and oxygen atoms in total. The molecular formula is C13H14N2O4. The molecule has 1 aromatic carbocycles. The minimum absolute atomic E-state index is 0.0343. The van der Waals surface area contributed by atoms with E-state index < -0.39 is 11.0 Å². The maximum atomic E-state index is 11.8. The summed E-state index contributed by atoms with van der Waals surface area (Å²) in [4.78, 5) is 23.7. The molecule has 100 valence electrons. The zero-order chi connectivity index (χ0) is 13.8. The van der Waals surface area contributed by atoms with Crippen molar-refractivity contribution in [1.29, 1.82) is 0 Å². The molecule has 1 atom stereocenters. The molecule has 0 saturated carbocycles. The molecule has 1 saturated heterocycles. The highest BCUT2D eigenvalue weighted by Crippen LogP contribution is 2.19. The summed E-state index contributed by atoms with van der Waals surface area (Å²) in [6.07, 6.45) is 2.85. The summed E-state index contributed by atoms with van der Waals surface area (Å²) in [6.45, 7) is 0.835. The Hall–Kier alpha value is -2.21. The van der Waals surface area contributed by atoms with E-state index in [1.165, 1.54) is 23.1 Å². The third-order valence-electron chi connectivity index (χ3n) is 3.01. The number of nitro groups is 1. The van der Waals surface area contributed by atoms with Gasteiger partial charge in [-0.1, -0.05) is 12.1 Å². The molecule has 1 aliphatic heterocycles. The Morgan fingerprint density at radius 3 is 2.84 bits per heavy atom. The number of aliphatic hydroxyl groups excluding tert-OH is 1. The van der Waals surface area contributed by atoms with E-state index in [-0.39, 0.29) is 11.6 Å². The Labute approximate surface area is 110 Å². The maximum absolute atomic E-state index is 11.8. The van der Waals surface area contributed by atoms with Crippen LogP contribution in [0.1, 0.15) is 12.0 Å². The molecule has 0 bridgehead atoms. The summed E-state index contributed by atoms with van der Waals surface area (Å²) in [5.41, 5.74) is 0.355. The molecule has 1 fully saturated rings. The summed E-state index contributed by atoms with van der Waals surface area (Å²) < 4.78 is 0. The number of hydrogen-bond acceptors (Lipinski definition) is 4. The van der Waals surface area contributed by atoms with Gasteiger partial charge in [0.05, 0.1) is 16.6 Å². The topological polar surface area (TPSA) is 83.7 Å². The zero-order valence-corrected chi connectivity index (χ0v) is 10.2. The Morgan fingerprint density at radius 1 is 1.47 bits per heavy atom. The monoisotopic (exact) mass is 262 g/mol. The highest BCUT2D eigenvalue weighted by molar-refractivity contribution is 5.92. The molecule has 1 aromatic rings. The van der Waals surface area contributed by atoms with Crippen LogP contribution in [0.4, 0.5) is 5.69 Å². The number of aliphatic hydroxyl groups is 1. The number of nitro benzene ring substituents is 1. The van der Waals surface area contributed by atoms with Gasteiger partial charge in [0.15, 0.2) is 0 Å². The minimum Gasteiger partial charge on any atom is -0.391 e. The van der Waals surface area contributed by atoms with Crippen molar-refractivity contribution in [2.24, 2.45) is 0 Å². The molecule has 1 amide bonds. The molecule has 2 rings (SSSR count). The molecule has 6 heteroatoms. The highest BCUT2D eigenvalue weighted by Gasteiger charge is 2.22. The van der Waals surface area contributed by atoms with Crippen LogP contribution in [0.15, 0.2) is 30.3 Å². The van der Waals surface area contributed by atoms with Crippen molar-refractivity contribution in [3.63, 3.8) is 0 Å². The first kappa shape index (κ1) is 13.2. The fraction of sp³-hybridized carbons (Fsp3) is 0.308. The number of rotatable bonds is 3. The molecule has 19 heavy (non-hydrogen) atoms. The predicted molar refractivity (Wildman–Crippen MR) is 69.3 cm³/mol. The van der Waals surface area contributed by atoms with E-state index in [0.29, 0.717) is 25.1 Å². The summed E-state index contributed by atoms with van der Waals surface area (Å²) in [5, 5.41) is 20.2. The molecule has 0 radical (unpaired) electrons. The molecule has 1 heterocycles. The van der Waals surface area contributed by atoms with E-state index in [1.54, 1.807) is 18.2 Å². The number of carbonyl (C=O) groups is 1. The third kappa shape index (κ3) is 3.17. The minimum atomic E-state index is -0.482. The van der Waals surface area contributed by atoms with Gasteiger partial charge in [0.25, 0.3) is 5.69 Å². The van der Waals surface area contributed by atoms with Gasteiger partial charge in [-0.3, -0.25) is 14.9 Å². The molecular weight excluding hydrogens is 248 g/mol. The van der Waals surface area contributed by atoms with Crippen LogP contribution in [0.3, 0.4) is 0 Å². The van der Waals surface area contributed by atoms with E-state index in [2.05, 4.69) is 0 Å². The van der Waals surface area contributed by atoms with Crippen molar-refractivity contribution in [3.8, 4) is 0 Å². The number of nitrogens with zero attached hydrogens (tertiary/aromatic N) is 2. The second-order valence-corrected chi connectivity index (χ2v) is 4.38. The molecule has 1 aliphatic rings. The molecule has 0 aliphatic carbocycles. The Bertz CT molecular complexity index is 527. The second-order valence-electron chi connectivity index (χ2n) is 4.38. The predicted octanol–water partition coefficient (Wildman–Crippen LogP) is 1.20. The van der Waals surface area contributed by atoms with Crippen LogP contribution in [0.25, 0.3) is 6.08 Å². The average molecular weight is 262 g/mol. The maximum Gasteiger partial charge on any atom is 0.276 e. The second kappa shape index (κ2) is 5.62. The van der Waals surface area contributed by atoms with Crippen LogP contribution in [0.5, 0.6) is 0 Å². The summed E-state index contributed by atoms with van der Waals surface area (Å²) >= 11 is 0. The van der Waals surface area contributed by atoms with Crippen LogP contribution in [0, 0.1) is 10.1 Å². The number of para-hydroxylation sites is 1. The van der Waals surface area contributed by atoms with Gasteiger partial charge < -0.3 is 10.0 Å². The average Bonchev–Trinajstić information content (AvgIpc) is 2.83. The zero-order valence-electron chi connectivity index (χ0n) is 10.2. The van der Waals surface area contributed by atoms with Gasteiger partial charge in [0.2, 0.25) is 5.91 Å². The van der Waals surface area contributed by atoms with Crippen molar-refractivity contribution in [1.82, 2.24) is 4.90 Å². The Balaban J connectivity index is 2.10. The first-order valence-corrected chi connectivity index (χ1v) is 5.96. The molecule has 0 aromatic heterocycles. The standard InChI is InChI=1S/C13H14N2O4/c16-11-7-8-14(9-11)13(17)6-5-10-3-1-2-4-12(10)15(18)19/h1-6,11,16H,7-9H2/t11-/m1/s1. The number of amides is 1. The number of carbonyl (C=O) groups excluding carboxylic acids is 1. The molecule has 1 N–H and O–H groups in total. The Kier molecular flexibility index (Phi) is 3.91. The van der Waals surface area contributed by atoms with Gasteiger partial charge in [-0.2, -0.15) is 0 Å². The van der Waals surface area contributed by atoms with Crippen LogP contribution < -0.4 is 0 Å². The lowest BCUT2D eigenvalue weighted by molar-refractivity contribution is -0.385. The number of hydrogen-bond donors (Lipinski definition) is 1. The van der Waals surface area contributed by atoms with Gasteiger partial charge in [-0.15, -0.1) is 0 Å². The SMILES string of the molecule is O=C(C=Cc1ccccc1[N+](=O)[O-])N1CC[C@@H](O)C1. The number of likely N-dealkylation sites (tertiary alicyclic amines) is 1. The Morgan fingerprint density at radius 2 is 2.21 bits per heavy atom. The van der Waals surface area contributed by atoms with Crippen LogP contribution in [0.2, 0.25) is 0 Å². The molecule has 0 spiro atoms. The fourth-order valence-corrected chi connectivity index (χ4v) is 2.00. The van der Waals surface area contributed by atoms with Gasteiger partial charge in [-0.25, -0.2) is 0 Å². The summed E-state index contributed by atoms with van der Waals surface area (Å²) in [7, 11) is 0. The molecule has 0 unspecified atom stereocenters. The van der Waals surface area contributed by atoms with Crippen LogP contribution in [-0.2, 0) is 4.79 Å². The van der Waals surface area contributed by atoms with E-state index in [9.17, 15) is 20.0 Å². The van der Waals surface area contributed by atoms with Crippen molar-refractivity contribution in [3.05, 3.63) is 46.0 Å². The van der Waals surface area contributed by atoms with E-state index in [0.717, 1.165) is 0 Å². The van der Waals surface area contributed by atoms with Crippen LogP contribution in [-0.4, -0.2) is 40.0 Å².